The molecule has 9 heteroatoms. The second kappa shape index (κ2) is 9.51. The van der Waals surface area contributed by atoms with E-state index in [1.54, 1.807) is 0 Å². The SMILES string of the molecule is CCCc1cc(N2CCC[C@@H](NCC)C2)nc(Nc2cc(N)cc(C(F)(F)F)c2)n1. The van der Waals surface area contributed by atoms with Gasteiger partial charge in [-0.15, -0.1) is 0 Å². The third kappa shape index (κ3) is 5.75. The smallest absolute Gasteiger partial charge is 0.399 e. The molecule has 3 rings (SSSR count). The number of rotatable bonds is 7. The summed E-state index contributed by atoms with van der Waals surface area (Å²) >= 11 is 0. The van der Waals surface area contributed by atoms with Gasteiger partial charge in [-0.05, 0) is 44.0 Å². The lowest BCUT2D eigenvalue weighted by molar-refractivity contribution is -0.137. The van der Waals surface area contributed by atoms with E-state index in [4.69, 9.17) is 5.73 Å². The van der Waals surface area contributed by atoms with Gasteiger partial charge < -0.3 is 21.3 Å². The van der Waals surface area contributed by atoms with Crippen molar-refractivity contribution in [3.8, 4) is 0 Å². The summed E-state index contributed by atoms with van der Waals surface area (Å²) in [4.78, 5) is 11.3. The van der Waals surface area contributed by atoms with Crippen LogP contribution in [-0.4, -0.2) is 35.6 Å². The third-order valence-electron chi connectivity index (χ3n) is 5.05. The van der Waals surface area contributed by atoms with E-state index in [9.17, 15) is 13.2 Å². The summed E-state index contributed by atoms with van der Waals surface area (Å²) in [7, 11) is 0. The topological polar surface area (TPSA) is 79.1 Å². The largest absolute Gasteiger partial charge is 0.416 e. The van der Waals surface area contributed by atoms with Gasteiger partial charge in [0.2, 0.25) is 5.95 Å². The zero-order chi connectivity index (χ0) is 21.7. The number of aromatic nitrogens is 2. The average Bonchev–Trinajstić information content (AvgIpc) is 2.67. The van der Waals surface area contributed by atoms with E-state index in [0.717, 1.165) is 69.0 Å². The lowest BCUT2D eigenvalue weighted by atomic mass is 10.1. The van der Waals surface area contributed by atoms with Crippen molar-refractivity contribution in [1.82, 2.24) is 15.3 Å². The van der Waals surface area contributed by atoms with Gasteiger partial charge in [0.1, 0.15) is 5.82 Å². The second-order valence-corrected chi connectivity index (χ2v) is 7.60. The minimum Gasteiger partial charge on any atom is -0.399 e. The minimum atomic E-state index is -4.48. The number of hydrogen-bond acceptors (Lipinski definition) is 6. The number of alkyl halides is 3. The van der Waals surface area contributed by atoms with Gasteiger partial charge in [0, 0.05) is 42.3 Å². The van der Waals surface area contributed by atoms with Crippen LogP contribution in [0.4, 0.5) is 36.3 Å². The van der Waals surface area contributed by atoms with Gasteiger partial charge >= 0.3 is 6.18 Å². The van der Waals surface area contributed by atoms with Gasteiger partial charge in [0.05, 0.1) is 5.56 Å². The third-order valence-corrected chi connectivity index (χ3v) is 5.05. The first-order valence-corrected chi connectivity index (χ1v) is 10.4. The Morgan fingerprint density at radius 2 is 1.97 bits per heavy atom. The molecule has 0 unspecified atom stereocenters. The fraction of sp³-hybridized carbons (Fsp3) is 0.524. The molecule has 1 aromatic heterocycles. The van der Waals surface area contributed by atoms with Crippen LogP contribution in [0.25, 0.3) is 0 Å². The quantitative estimate of drug-likeness (QED) is 0.576. The maximum absolute atomic E-state index is 13.1. The molecule has 1 atom stereocenters. The zero-order valence-electron chi connectivity index (χ0n) is 17.4. The normalized spacial score (nSPS) is 17.2. The van der Waals surface area contributed by atoms with E-state index >= 15 is 0 Å². The molecule has 1 fully saturated rings. The monoisotopic (exact) mass is 422 g/mol. The van der Waals surface area contributed by atoms with E-state index in [1.807, 2.05) is 6.07 Å². The van der Waals surface area contributed by atoms with E-state index in [1.165, 1.54) is 6.07 Å². The maximum Gasteiger partial charge on any atom is 0.416 e. The van der Waals surface area contributed by atoms with E-state index in [0.29, 0.717) is 6.04 Å². The number of likely N-dealkylation sites (N-methyl/N-ethyl adjacent to an activating group) is 1. The summed E-state index contributed by atoms with van der Waals surface area (Å²) in [6.45, 7) is 6.79. The van der Waals surface area contributed by atoms with Crippen molar-refractivity contribution >= 4 is 23.1 Å². The van der Waals surface area contributed by atoms with Gasteiger partial charge in [-0.2, -0.15) is 18.2 Å². The number of nitrogen functional groups attached to an aromatic ring is 1. The molecule has 1 aliphatic heterocycles. The van der Waals surface area contributed by atoms with Crippen LogP contribution in [0.1, 0.15) is 44.4 Å². The van der Waals surface area contributed by atoms with Crippen molar-refractivity contribution in [3.05, 3.63) is 35.5 Å². The highest BCUT2D eigenvalue weighted by Crippen LogP contribution is 2.33. The number of aryl methyl sites for hydroxylation is 1. The summed E-state index contributed by atoms with van der Waals surface area (Å²) in [6, 6.07) is 5.76. The number of piperidine rings is 1. The standard InChI is InChI=1S/C21H29F3N6/c1-3-6-16-12-19(30-8-5-7-17(13-30)26-4-2)29-20(27-16)28-18-10-14(21(22,23)24)9-15(25)11-18/h9-12,17,26H,3-8,13,25H2,1-2H3,(H,27,28,29)/t17-/m1/s1. The Hall–Kier alpha value is -2.55. The maximum atomic E-state index is 13.1. The molecular formula is C21H29F3N6. The average molecular weight is 422 g/mol. The molecule has 30 heavy (non-hydrogen) atoms. The Bertz CT molecular complexity index is 853. The molecule has 0 amide bonds. The molecule has 0 radical (unpaired) electrons. The van der Waals surface area contributed by atoms with Crippen LogP contribution in [0.5, 0.6) is 0 Å². The van der Waals surface area contributed by atoms with Crippen LogP contribution in [0.3, 0.4) is 0 Å². The molecule has 0 spiro atoms. The van der Waals surface area contributed by atoms with Crippen molar-refractivity contribution in [3.63, 3.8) is 0 Å². The van der Waals surface area contributed by atoms with Gasteiger partial charge in [0.25, 0.3) is 0 Å². The lowest BCUT2D eigenvalue weighted by Gasteiger charge is -2.34. The lowest BCUT2D eigenvalue weighted by Crippen LogP contribution is -2.46. The second-order valence-electron chi connectivity index (χ2n) is 7.60. The summed E-state index contributed by atoms with van der Waals surface area (Å²) in [5.41, 5.74) is 5.98. The van der Waals surface area contributed by atoms with Crippen LogP contribution >= 0.6 is 0 Å². The number of benzene rings is 1. The zero-order valence-corrected chi connectivity index (χ0v) is 17.4. The van der Waals surface area contributed by atoms with Gasteiger partial charge in [-0.3, -0.25) is 0 Å². The van der Waals surface area contributed by atoms with E-state index < -0.39 is 11.7 Å². The van der Waals surface area contributed by atoms with E-state index in [2.05, 4.69) is 39.3 Å². The van der Waals surface area contributed by atoms with Gasteiger partial charge in [-0.25, -0.2) is 4.98 Å². The van der Waals surface area contributed by atoms with Gasteiger partial charge in [-0.1, -0.05) is 20.3 Å². The highest BCUT2D eigenvalue weighted by Gasteiger charge is 2.31. The number of nitrogens with two attached hydrogens (primary N) is 1. The Kier molecular flexibility index (Phi) is 7.02. The summed E-state index contributed by atoms with van der Waals surface area (Å²) in [5, 5.41) is 6.41. The molecule has 2 aromatic rings. The highest BCUT2D eigenvalue weighted by molar-refractivity contribution is 5.63. The van der Waals surface area contributed by atoms with Crippen LogP contribution in [0, 0.1) is 0 Å². The van der Waals surface area contributed by atoms with Crippen molar-refractivity contribution < 1.29 is 13.2 Å². The molecule has 1 aliphatic rings. The van der Waals surface area contributed by atoms with E-state index in [-0.39, 0.29) is 17.3 Å². The van der Waals surface area contributed by atoms with Crippen LogP contribution in [0.2, 0.25) is 0 Å². The van der Waals surface area contributed by atoms with Crippen LogP contribution < -0.4 is 21.3 Å². The molecular weight excluding hydrogens is 393 g/mol. The Balaban J connectivity index is 1.89. The summed E-state index contributed by atoms with van der Waals surface area (Å²) in [5.74, 6) is 1.07. The first-order chi connectivity index (χ1) is 14.3. The van der Waals surface area contributed by atoms with Crippen molar-refractivity contribution in [2.75, 3.05) is 35.6 Å². The number of nitrogens with one attached hydrogen (secondary N) is 2. The van der Waals surface area contributed by atoms with Crippen molar-refractivity contribution in [2.45, 2.75) is 51.7 Å². The Labute approximate surface area is 175 Å². The first-order valence-electron chi connectivity index (χ1n) is 10.4. The molecule has 1 saturated heterocycles. The minimum absolute atomic E-state index is 0.0294. The number of nitrogens with zero attached hydrogens (tertiary/aromatic N) is 3. The van der Waals surface area contributed by atoms with Crippen molar-refractivity contribution in [1.29, 1.82) is 0 Å². The number of halogens is 3. The van der Waals surface area contributed by atoms with Crippen molar-refractivity contribution in [2.24, 2.45) is 0 Å². The molecule has 0 aliphatic carbocycles. The molecule has 0 bridgehead atoms. The Morgan fingerprint density at radius 1 is 1.17 bits per heavy atom. The molecule has 164 valence electrons. The van der Waals surface area contributed by atoms with Crippen LogP contribution in [0.15, 0.2) is 24.3 Å². The summed E-state index contributed by atoms with van der Waals surface area (Å²) in [6.07, 6.45) is -0.633. The molecule has 6 nitrogen and oxygen atoms in total. The molecule has 0 saturated carbocycles. The van der Waals surface area contributed by atoms with Crippen LogP contribution in [-0.2, 0) is 12.6 Å². The molecule has 4 N–H and O–H groups in total. The predicted octanol–water partition coefficient (Wildman–Crippen LogP) is 4.35. The predicted molar refractivity (Wildman–Crippen MR) is 114 cm³/mol. The number of hydrogen-bond donors (Lipinski definition) is 3. The fourth-order valence-electron chi connectivity index (χ4n) is 3.74. The summed E-state index contributed by atoms with van der Waals surface area (Å²) < 4.78 is 39.4. The first kappa shape index (κ1) is 22.1. The fourth-order valence-corrected chi connectivity index (χ4v) is 3.74. The van der Waals surface area contributed by atoms with Gasteiger partial charge in [0.15, 0.2) is 0 Å². The molecule has 2 heterocycles. The highest BCUT2D eigenvalue weighted by atomic mass is 19.4. The Morgan fingerprint density at radius 3 is 2.67 bits per heavy atom. The number of anilines is 4. The molecule has 1 aromatic carbocycles.